The second kappa shape index (κ2) is 10.1. The lowest BCUT2D eigenvalue weighted by Gasteiger charge is -2.44. The lowest BCUT2D eigenvalue weighted by molar-refractivity contribution is -0.138. The SMILES string of the molecule is CCc1cc(-c2ccc(C#N)cn2)cc(C)c1C1C(=O)CC2(CCN(C(=O)OC(C)(C)C)CC2)CC1=O. The number of nitrogens with zero attached hydrogens (tertiary/aromatic N) is 3. The fraction of sp³-hybridized carbons (Fsp3) is 0.500. The number of carbonyl (C=O) groups is 3. The van der Waals surface area contributed by atoms with Crippen LogP contribution in [0.1, 0.15) is 81.5 Å². The Bertz CT molecular complexity index is 1240. The molecule has 1 saturated heterocycles. The molecule has 1 saturated carbocycles. The van der Waals surface area contributed by atoms with Crippen molar-refractivity contribution >= 4 is 17.7 Å². The average Bonchev–Trinajstić information content (AvgIpc) is 2.83. The summed E-state index contributed by atoms with van der Waals surface area (Å²) in [7, 11) is 0. The molecule has 194 valence electrons. The van der Waals surface area contributed by atoms with Gasteiger partial charge in [0.2, 0.25) is 0 Å². The lowest BCUT2D eigenvalue weighted by atomic mass is 9.62. The summed E-state index contributed by atoms with van der Waals surface area (Å²) in [5, 5.41) is 9.05. The van der Waals surface area contributed by atoms with E-state index >= 15 is 0 Å². The molecule has 2 heterocycles. The predicted octanol–water partition coefficient (Wildman–Crippen LogP) is 5.52. The molecule has 4 rings (SSSR count). The molecule has 0 radical (unpaired) electrons. The monoisotopic (exact) mass is 501 g/mol. The summed E-state index contributed by atoms with van der Waals surface area (Å²) in [5.41, 5.74) is 3.93. The third kappa shape index (κ3) is 5.58. The number of ether oxygens (including phenoxy) is 1. The second-order valence-corrected chi connectivity index (χ2v) is 11.4. The second-order valence-electron chi connectivity index (χ2n) is 11.4. The van der Waals surface area contributed by atoms with E-state index in [2.05, 4.69) is 11.1 Å². The largest absolute Gasteiger partial charge is 0.444 e. The molecule has 0 atom stereocenters. The molecule has 7 nitrogen and oxygen atoms in total. The number of rotatable bonds is 3. The molecule has 1 amide bonds. The third-order valence-corrected chi connectivity index (χ3v) is 7.55. The van der Waals surface area contributed by atoms with Gasteiger partial charge < -0.3 is 9.64 Å². The maximum Gasteiger partial charge on any atom is 0.410 e. The Morgan fingerprint density at radius 1 is 1.16 bits per heavy atom. The van der Waals surface area contributed by atoms with E-state index in [0.717, 1.165) is 27.9 Å². The quantitative estimate of drug-likeness (QED) is 0.513. The van der Waals surface area contributed by atoms with Gasteiger partial charge in [-0.15, -0.1) is 0 Å². The number of Topliss-reactive ketones (excluding diaryl/α,β-unsaturated/α-hetero) is 2. The number of amides is 1. The van der Waals surface area contributed by atoms with Gasteiger partial charge in [0.05, 0.1) is 11.3 Å². The van der Waals surface area contributed by atoms with E-state index in [4.69, 9.17) is 10.00 Å². The van der Waals surface area contributed by atoms with Crippen LogP contribution in [0, 0.1) is 23.7 Å². The number of piperidine rings is 1. The van der Waals surface area contributed by atoms with Crippen LogP contribution in [-0.4, -0.2) is 46.2 Å². The molecule has 2 aliphatic rings. The molecule has 1 spiro atoms. The van der Waals surface area contributed by atoms with E-state index in [1.54, 1.807) is 17.2 Å². The summed E-state index contributed by atoms with van der Waals surface area (Å²) in [6.07, 6.45) is 3.85. The van der Waals surface area contributed by atoms with Crippen molar-refractivity contribution in [2.24, 2.45) is 5.41 Å². The lowest BCUT2D eigenvalue weighted by Crippen LogP contribution is -2.49. The van der Waals surface area contributed by atoms with Crippen LogP contribution >= 0.6 is 0 Å². The summed E-state index contributed by atoms with van der Waals surface area (Å²) in [6, 6.07) is 9.63. The molecule has 0 N–H and O–H groups in total. The molecule has 0 bridgehead atoms. The van der Waals surface area contributed by atoms with E-state index in [0.29, 0.717) is 50.8 Å². The van der Waals surface area contributed by atoms with E-state index in [9.17, 15) is 14.4 Å². The van der Waals surface area contributed by atoms with Crippen molar-refractivity contribution in [3.63, 3.8) is 0 Å². The highest BCUT2D eigenvalue weighted by Crippen LogP contribution is 2.47. The molecule has 0 unspecified atom stereocenters. The number of aromatic nitrogens is 1. The van der Waals surface area contributed by atoms with Gasteiger partial charge in [-0.05, 0) is 93.3 Å². The summed E-state index contributed by atoms with van der Waals surface area (Å²) < 4.78 is 5.50. The first kappa shape index (κ1) is 26.5. The zero-order chi connectivity index (χ0) is 27.0. The molecule has 1 aromatic carbocycles. The zero-order valence-electron chi connectivity index (χ0n) is 22.4. The van der Waals surface area contributed by atoms with Crippen molar-refractivity contribution in [1.29, 1.82) is 5.26 Å². The Labute approximate surface area is 218 Å². The van der Waals surface area contributed by atoms with Crippen molar-refractivity contribution in [1.82, 2.24) is 9.88 Å². The summed E-state index contributed by atoms with van der Waals surface area (Å²) >= 11 is 0. The van der Waals surface area contributed by atoms with Gasteiger partial charge in [0.1, 0.15) is 29.2 Å². The van der Waals surface area contributed by atoms with Crippen LogP contribution in [0.2, 0.25) is 0 Å². The smallest absolute Gasteiger partial charge is 0.410 e. The Morgan fingerprint density at radius 3 is 2.32 bits per heavy atom. The van der Waals surface area contributed by atoms with Crippen molar-refractivity contribution in [3.05, 3.63) is 52.7 Å². The number of benzene rings is 1. The van der Waals surface area contributed by atoms with Crippen LogP contribution in [0.3, 0.4) is 0 Å². The molecule has 37 heavy (non-hydrogen) atoms. The summed E-state index contributed by atoms with van der Waals surface area (Å²) in [5.74, 6) is -0.791. The number of aryl methyl sites for hydroxylation is 2. The van der Waals surface area contributed by atoms with Gasteiger partial charge >= 0.3 is 6.09 Å². The van der Waals surface area contributed by atoms with E-state index in [1.165, 1.54) is 0 Å². The Morgan fingerprint density at radius 2 is 1.81 bits per heavy atom. The highest BCUT2D eigenvalue weighted by atomic mass is 16.6. The van der Waals surface area contributed by atoms with Crippen molar-refractivity contribution in [2.75, 3.05) is 13.1 Å². The van der Waals surface area contributed by atoms with Gasteiger partial charge in [-0.3, -0.25) is 14.6 Å². The predicted molar refractivity (Wildman–Crippen MR) is 140 cm³/mol. The fourth-order valence-electron chi connectivity index (χ4n) is 5.71. The molecule has 7 heteroatoms. The van der Waals surface area contributed by atoms with Gasteiger partial charge in [-0.1, -0.05) is 6.92 Å². The Kier molecular flexibility index (Phi) is 7.23. The first-order valence-corrected chi connectivity index (χ1v) is 13.0. The maximum atomic E-state index is 13.6. The van der Waals surface area contributed by atoms with Crippen LogP contribution in [0.15, 0.2) is 30.5 Å². The van der Waals surface area contributed by atoms with Gasteiger partial charge in [0, 0.05) is 37.7 Å². The maximum absolute atomic E-state index is 13.6. The minimum Gasteiger partial charge on any atom is -0.444 e. The standard InChI is InChI=1S/C30H35N3O4/c1-6-21-14-22(23-8-7-20(17-31)18-32-23)13-19(2)26(21)27-24(34)15-30(16-25(27)35)9-11-33(12-10-30)28(36)37-29(3,4)5/h7-8,13-14,18,27H,6,9-12,15-16H2,1-5H3. The van der Waals surface area contributed by atoms with Gasteiger partial charge in [-0.25, -0.2) is 4.79 Å². The number of hydrogen-bond acceptors (Lipinski definition) is 6. The minimum atomic E-state index is -0.743. The Hall–Kier alpha value is -3.53. The minimum absolute atomic E-state index is 0.0241. The number of likely N-dealkylation sites (tertiary alicyclic amines) is 1. The molecular weight excluding hydrogens is 466 g/mol. The molecule has 2 aromatic rings. The zero-order valence-corrected chi connectivity index (χ0v) is 22.4. The topological polar surface area (TPSA) is 100 Å². The number of nitriles is 1. The molecule has 1 aliphatic carbocycles. The molecular formula is C30H35N3O4. The highest BCUT2D eigenvalue weighted by Gasteiger charge is 2.48. The molecule has 1 aromatic heterocycles. The van der Waals surface area contributed by atoms with Gasteiger partial charge in [0.25, 0.3) is 0 Å². The Balaban J connectivity index is 1.53. The number of ketones is 2. The van der Waals surface area contributed by atoms with Crippen LogP contribution in [0.25, 0.3) is 11.3 Å². The summed E-state index contributed by atoms with van der Waals surface area (Å²) in [6.45, 7) is 10.5. The van der Waals surface area contributed by atoms with Crippen molar-refractivity contribution < 1.29 is 19.1 Å². The third-order valence-electron chi connectivity index (χ3n) is 7.55. The first-order chi connectivity index (χ1) is 17.4. The van der Waals surface area contributed by atoms with E-state index < -0.39 is 11.5 Å². The number of pyridine rings is 1. The normalized spacial score (nSPS) is 18.1. The van der Waals surface area contributed by atoms with Crippen LogP contribution < -0.4 is 0 Å². The molecule has 1 aliphatic heterocycles. The van der Waals surface area contributed by atoms with Gasteiger partial charge in [0.15, 0.2) is 0 Å². The van der Waals surface area contributed by atoms with Crippen molar-refractivity contribution in [2.45, 2.75) is 78.2 Å². The van der Waals surface area contributed by atoms with Crippen molar-refractivity contribution in [3.8, 4) is 17.3 Å². The van der Waals surface area contributed by atoms with Crippen LogP contribution in [0.4, 0.5) is 4.79 Å². The number of hydrogen-bond donors (Lipinski definition) is 0. The van der Waals surface area contributed by atoms with Crippen LogP contribution in [-0.2, 0) is 20.7 Å². The fourth-order valence-corrected chi connectivity index (χ4v) is 5.71. The summed E-state index contributed by atoms with van der Waals surface area (Å²) in [4.78, 5) is 45.7. The van der Waals surface area contributed by atoms with Crippen LogP contribution in [0.5, 0.6) is 0 Å². The average molecular weight is 502 g/mol. The number of carbonyl (C=O) groups excluding carboxylic acids is 3. The highest BCUT2D eigenvalue weighted by molar-refractivity contribution is 6.10. The van der Waals surface area contributed by atoms with E-state index in [1.807, 2.05) is 52.8 Å². The van der Waals surface area contributed by atoms with E-state index in [-0.39, 0.29) is 23.1 Å². The first-order valence-electron chi connectivity index (χ1n) is 13.0. The van der Waals surface area contributed by atoms with Gasteiger partial charge in [-0.2, -0.15) is 5.26 Å². The molecule has 2 fully saturated rings.